The molecule has 0 aliphatic carbocycles. The van der Waals surface area contributed by atoms with Crippen LogP contribution in [-0.2, 0) is 20.9 Å². The number of halogens is 1. The Hall–Kier alpha value is -1.77. The molecule has 6 nitrogen and oxygen atoms in total. The molecule has 2 aromatic rings. The van der Waals surface area contributed by atoms with Crippen molar-refractivity contribution in [3.05, 3.63) is 23.0 Å². The number of carbonyl (C=O) groups is 1. The lowest BCUT2D eigenvalue weighted by Gasteiger charge is -2.30. The van der Waals surface area contributed by atoms with Gasteiger partial charge in [-0.1, -0.05) is 11.3 Å². The SMILES string of the molecule is CCOC(=O)C(OC(C)(C)C)c1cc(F)c2nc(N3CCC3)sc2c1CO. The molecule has 0 spiro atoms. The lowest BCUT2D eigenvalue weighted by molar-refractivity contribution is -0.167. The number of aliphatic hydroxyl groups excluding tert-OH is 1. The maximum Gasteiger partial charge on any atom is 0.339 e. The van der Waals surface area contributed by atoms with E-state index in [1.54, 1.807) is 27.7 Å². The van der Waals surface area contributed by atoms with Crippen molar-refractivity contribution >= 4 is 32.7 Å². The van der Waals surface area contributed by atoms with E-state index in [0.717, 1.165) is 24.6 Å². The van der Waals surface area contributed by atoms with Crippen LogP contribution < -0.4 is 4.90 Å². The van der Waals surface area contributed by atoms with Crippen LogP contribution in [0.2, 0.25) is 0 Å². The summed E-state index contributed by atoms with van der Waals surface area (Å²) in [7, 11) is 0. The van der Waals surface area contributed by atoms with Crippen LogP contribution in [-0.4, -0.2) is 41.4 Å². The highest BCUT2D eigenvalue weighted by Crippen LogP contribution is 2.39. The van der Waals surface area contributed by atoms with Gasteiger partial charge in [0.2, 0.25) is 0 Å². The minimum absolute atomic E-state index is 0.182. The zero-order valence-corrected chi connectivity index (χ0v) is 16.9. The molecule has 3 rings (SSSR count). The van der Waals surface area contributed by atoms with Gasteiger partial charge in [0.1, 0.15) is 5.52 Å². The Morgan fingerprint density at radius 3 is 2.67 bits per heavy atom. The number of rotatable bonds is 6. The van der Waals surface area contributed by atoms with Crippen molar-refractivity contribution in [2.24, 2.45) is 0 Å². The third kappa shape index (κ3) is 4.07. The first kappa shape index (κ1) is 20.0. The van der Waals surface area contributed by atoms with Gasteiger partial charge in [0.15, 0.2) is 17.1 Å². The average Bonchev–Trinajstić information content (AvgIpc) is 2.95. The van der Waals surface area contributed by atoms with Gasteiger partial charge in [0.25, 0.3) is 0 Å². The summed E-state index contributed by atoms with van der Waals surface area (Å²) in [4.78, 5) is 19.0. The summed E-state index contributed by atoms with van der Waals surface area (Å²) in [5, 5.41) is 10.7. The van der Waals surface area contributed by atoms with E-state index in [1.165, 1.54) is 17.4 Å². The van der Waals surface area contributed by atoms with Crippen LogP contribution in [0, 0.1) is 5.82 Å². The summed E-state index contributed by atoms with van der Waals surface area (Å²) in [5.74, 6) is -1.14. The summed E-state index contributed by atoms with van der Waals surface area (Å²) in [6, 6.07) is 1.24. The molecule has 1 aliphatic heterocycles. The van der Waals surface area contributed by atoms with Crippen LogP contribution in [0.15, 0.2) is 6.07 Å². The first-order valence-electron chi connectivity index (χ1n) is 9.07. The highest BCUT2D eigenvalue weighted by molar-refractivity contribution is 7.22. The third-order valence-corrected chi connectivity index (χ3v) is 5.46. The van der Waals surface area contributed by atoms with E-state index >= 15 is 0 Å². The van der Waals surface area contributed by atoms with Crippen molar-refractivity contribution in [1.29, 1.82) is 0 Å². The van der Waals surface area contributed by atoms with E-state index in [2.05, 4.69) is 9.88 Å². The maximum absolute atomic E-state index is 14.8. The Balaban J connectivity index is 2.13. The summed E-state index contributed by atoms with van der Waals surface area (Å²) in [6.07, 6.45) is -0.0403. The number of fused-ring (bicyclic) bond motifs is 1. The standard InChI is InChI=1S/C19H25FN2O4S/c1-5-25-17(24)15(26-19(2,3)4)11-9-13(20)14-16(12(11)10-23)27-18(21-14)22-7-6-8-22/h9,15,23H,5-8,10H2,1-4H3. The monoisotopic (exact) mass is 396 g/mol. The number of hydrogen-bond acceptors (Lipinski definition) is 7. The van der Waals surface area contributed by atoms with Crippen molar-refractivity contribution in [2.75, 3.05) is 24.6 Å². The average molecular weight is 396 g/mol. The number of anilines is 1. The molecular weight excluding hydrogens is 371 g/mol. The number of carbonyl (C=O) groups excluding carboxylic acids is 1. The number of aromatic nitrogens is 1. The van der Waals surface area contributed by atoms with E-state index in [1.807, 2.05) is 0 Å². The fourth-order valence-corrected chi connectivity index (χ4v) is 4.12. The van der Waals surface area contributed by atoms with Crippen LogP contribution in [0.3, 0.4) is 0 Å². The van der Waals surface area contributed by atoms with E-state index in [-0.39, 0.29) is 24.3 Å². The Labute approximate surface area is 161 Å². The number of nitrogens with zero attached hydrogens (tertiary/aromatic N) is 2. The zero-order chi connectivity index (χ0) is 19.8. The lowest BCUT2D eigenvalue weighted by atomic mass is 10.0. The zero-order valence-electron chi connectivity index (χ0n) is 16.0. The molecule has 8 heteroatoms. The molecule has 1 aromatic heterocycles. The van der Waals surface area contributed by atoms with Crippen molar-refractivity contribution in [3.63, 3.8) is 0 Å². The van der Waals surface area contributed by atoms with Gasteiger partial charge in [-0.2, -0.15) is 0 Å². The molecule has 1 fully saturated rings. The molecule has 0 radical (unpaired) electrons. The molecule has 1 aromatic carbocycles. The first-order valence-corrected chi connectivity index (χ1v) is 9.89. The minimum Gasteiger partial charge on any atom is -0.464 e. The molecule has 27 heavy (non-hydrogen) atoms. The van der Waals surface area contributed by atoms with E-state index in [9.17, 15) is 14.3 Å². The van der Waals surface area contributed by atoms with Gasteiger partial charge in [-0.05, 0) is 40.2 Å². The minimum atomic E-state index is -1.12. The van der Waals surface area contributed by atoms with Gasteiger partial charge in [0.05, 0.1) is 23.5 Å². The summed E-state index contributed by atoms with van der Waals surface area (Å²) in [5.41, 5.74) is 0.298. The van der Waals surface area contributed by atoms with Crippen molar-refractivity contribution in [1.82, 2.24) is 4.98 Å². The molecule has 1 unspecified atom stereocenters. The summed E-state index contributed by atoms with van der Waals surface area (Å²) < 4.78 is 26.4. The smallest absolute Gasteiger partial charge is 0.339 e. The third-order valence-electron chi connectivity index (χ3n) is 4.29. The first-order chi connectivity index (χ1) is 12.7. The predicted molar refractivity (Wildman–Crippen MR) is 103 cm³/mol. The summed E-state index contributed by atoms with van der Waals surface area (Å²) >= 11 is 1.33. The highest BCUT2D eigenvalue weighted by atomic mass is 32.1. The quantitative estimate of drug-likeness (QED) is 0.753. The van der Waals surface area contributed by atoms with Gasteiger partial charge in [-0.15, -0.1) is 0 Å². The van der Waals surface area contributed by atoms with Gasteiger partial charge in [-0.25, -0.2) is 14.2 Å². The summed E-state index contributed by atoms with van der Waals surface area (Å²) in [6.45, 7) is 8.73. The molecule has 2 heterocycles. The maximum atomic E-state index is 14.8. The van der Waals surface area contributed by atoms with E-state index < -0.39 is 23.5 Å². The topological polar surface area (TPSA) is 71.9 Å². The van der Waals surface area contributed by atoms with Crippen molar-refractivity contribution in [3.8, 4) is 0 Å². The van der Waals surface area contributed by atoms with Gasteiger partial charge < -0.3 is 19.5 Å². The normalized spacial score (nSPS) is 15.7. The Bertz CT molecular complexity index is 842. The molecule has 148 valence electrons. The van der Waals surface area contributed by atoms with Crippen LogP contribution in [0.1, 0.15) is 51.3 Å². The highest BCUT2D eigenvalue weighted by Gasteiger charge is 2.33. The lowest BCUT2D eigenvalue weighted by Crippen LogP contribution is -2.36. The predicted octanol–water partition coefficient (Wildman–Crippen LogP) is 3.56. The van der Waals surface area contributed by atoms with E-state index in [4.69, 9.17) is 9.47 Å². The van der Waals surface area contributed by atoms with Crippen LogP contribution in [0.4, 0.5) is 9.52 Å². The number of esters is 1. The second kappa shape index (κ2) is 7.69. The van der Waals surface area contributed by atoms with Crippen LogP contribution in [0.25, 0.3) is 10.2 Å². The molecular formula is C19H25FN2O4S. The van der Waals surface area contributed by atoms with Crippen LogP contribution in [0.5, 0.6) is 0 Å². The fourth-order valence-electron chi connectivity index (χ4n) is 2.95. The Kier molecular flexibility index (Phi) is 5.69. The van der Waals surface area contributed by atoms with Gasteiger partial charge in [-0.3, -0.25) is 0 Å². The second-order valence-electron chi connectivity index (χ2n) is 7.46. The Morgan fingerprint density at radius 2 is 2.15 bits per heavy atom. The Morgan fingerprint density at radius 1 is 1.44 bits per heavy atom. The van der Waals surface area contributed by atoms with Gasteiger partial charge in [0, 0.05) is 24.2 Å². The van der Waals surface area contributed by atoms with Gasteiger partial charge >= 0.3 is 5.97 Å². The molecule has 0 amide bonds. The molecule has 1 N–H and O–H groups in total. The molecule has 1 atom stereocenters. The number of benzene rings is 1. The number of thiazole rings is 1. The number of ether oxygens (including phenoxy) is 2. The molecule has 0 bridgehead atoms. The second-order valence-corrected chi connectivity index (χ2v) is 8.44. The van der Waals surface area contributed by atoms with Crippen molar-refractivity contribution in [2.45, 2.75) is 52.4 Å². The van der Waals surface area contributed by atoms with Crippen molar-refractivity contribution < 1.29 is 23.8 Å². The molecule has 1 saturated heterocycles. The van der Waals surface area contributed by atoms with E-state index in [0.29, 0.717) is 10.3 Å². The molecule has 1 aliphatic rings. The van der Waals surface area contributed by atoms with Crippen LogP contribution >= 0.6 is 11.3 Å². The molecule has 0 saturated carbocycles. The fraction of sp³-hybridized carbons (Fsp3) is 0.579. The number of aliphatic hydroxyl groups is 1. The number of hydrogen-bond donors (Lipinski definition) is 1. The largest absolute Gasteiger partial charge is 0.464 e.